The highest BCUT2D eigenvalue weighted by molar-refractivity contribution is 5.99. The molecule has 0 saturated heterocycles. The zero-order chi connectivity index (χ0) is 29.1. The van der Waals surface area contributed by atoms with Crippen LogP contribution in [-0.2, 0) is 22.2 Å². The van der Waals surface area contributed by atoms with Crippen LogP contribution < -0.4 is 5.32 Å². The van der Waals surface area contributed by atoms with Crippen LogP contribution in [0.15, 0.2) is 84.9 Å². The largest absolute Gasteiger partial charge is 0.325 e. The summed E-state index contributed by atoms with van der Waals surface area (Å²) in [5.41, 5.74) is 5.23. The second-order valence-electron chi connectivity index (χ2n) is 12.4. The van der Waals surface area contributed by atoms with E-state index in [-0.39, 0.29) is 29.2 Å². The van der Waals surface area contributed by atoms with Gasteiger partial charge in [-0.25, -0.2) is 4.68 Å². The summed E-state index contributed by atoms with van der Waals surface area (Å²) in [7, 11) is 0. The van der Waals surface area contributed by atoms with Crippen molar-refractivity contribution < 1.29 is 9.59 Å². The molecule has 40 heavy (non-hydrogen) atoms. The molecule has 2 amide bonds. The lowest BCUT2D eigenvalue weighted by Gasteiger charge is -2.24. The predicted octanol–water partition coefficient (Wildman–Crippen LogP) is 7.06. The van der Waals surface area contributed by atoms with Gasteiger partial charge in [0.05, 0.1) is 11.4 Å². The molecule has 1 heterocycles. The van der Waals surface area contributed by atoms with Crippen molar-refractivity contribution in [3.8, 4) is 5.69 Å². The summed E-state index contributed by atoms with van der Waals surface area (Å²) in [6.45, 7) is 14.9. The summed E-state index contributed by atoms with van der Waals surface area (Å²) >= 11 is 0. The molecule has 0 aliphatic heterocycles. The van der Waals surface area contributed by atoms with E-state index in [0.29, 0.717) is 17.9 Å². The number of nitrogens with one attached hydrogen (secondary N) is 1. The SMILES string of the molecule is Cc1ccccc1-n1nc(C(C)(C)C)cc1NC(=O)CN(Cc1ccccc1)C(=O)c1ccc(C(C)(C)C)cc1. The summed E-state index contributed by atoms with van der Waals surface area (Å²) in [6.07, 6.45) is 0. The third-order valence-corrected chi connectivity index (χ3v) is 6.92. The van der Waals surface area contributed by atoms with E-state index in [9.17, 15) is 9.59 Å². The van der Waals surface area contributed by atoms with Crippen molar-refractivity contribution in [3.63, 3.8) is 0 Å². The molecule has 4 rings (SSSR count). The van der Waals surface area contributed by atoms with E-state index in [4.69, 9.17) is 5.10 Å². The maximum Gasteiger partial charge on any atom is 0.254 e. The summed E-state index contributed by atoms with van der Waals surface area (Å²) < 4.78 is 1.78. The molecule has 0 atom stereocenters. The minimum absolute atomic E-state index is 0.0167. The fraction of sp³-hybridized carbons (Fsp3) is 0.324. The normalized spacial score (nSPS) is 11.8. The highest BCUT2D eigenvalue weighted by atomic mass is 16.2. The average Bonchev–Trinajstić information content (AvgIpc) is 3.32. The highest BCUT2D eigenvalue weighted by Crippen LogP contribution is 2.28. The number of rotatable bonds is 7. The molecule has 208 valence electrons. The molecule has 6 nitrogen and oxygen atoms in total. The second kappa shape index (κ2) is 11.5. The Morgan fingerprint density at radius 2 is 1.45 bits per heavy atom. The van der Waals surface area contributed by atoms with Crippen molar-refractivity contribution in [1.82, 2.24) is 14.7 Å². The molecule has 0 unspecified atom stereocenters. The van der Waals surface area contributed by atoms with Gasteiger partial charge < -0.3 is 10.2 Å². The summed E-state index contributed by atoms with van der Waals surface area (Å²) in [5.74, 6) is 0.0962. The van der Waals surface area contributed by atoms with Crippen molar-refractivity contribution >= 4 is 17.6 Å². The quantitative estimate of drug-likeness (QED) is 0.275. The Morgan fingerprint density at radius 3 is 2.05 bits per heavy atom. The first kappa shape index (κ1) is 28.8. The van der Waals surface area contributed by atoms with Crippen LogP contribution in [0.1, 0.15) is 74.3 Å². The fourth-order valence-corrected chi connectivity index (χ4v) is 4.48. The van der Waals surface area contributed by atoms with E-state index in [1.165, 1.54) is 0 Å². The minimum Gasteiger partial charge on any atom is -0.325 e. The number of nitrogens with zero attached hydrogens (tertiary/aromatic N) is 3. The average molecular weight is 537 g/mol. The van der Waals surface area contributed by atoms with Gasteiger partial charge in [-0.2, -0.15) is 5.10 Å². The molecule has 4 aromatic rings. The molecule has 0 bridgehead atoms. The van der Waals surface area contributed by atoms with Crippen molar-refractivity contribution in [1.29, 1.82) is 0 Å². The Hall–Kier alpha value is -4.19. The Kier molecular flexibility index (Phi) is 8.29. The number of para-hydroxylation sites is 1. The van der Waals surface area contributed by atoms with Crippen LogP contribution in [0.5, 0.6) is 0 Å². The number of carbonyl (C=O) groups is 2. The van der Waals surface area contributed by atoms with Crippen molar-refractivity contribution in [2.24, 2.45) is 0 Å². The van der Waals surface area contributed by atoms with Gasteiger partial charge in [0.25, 0.3) is 5.91 Å². The van der Waals surface area contributed by atoms with Gasteiger partial charge in [0.15, 0.2) is 0 Å². The zero-order valence-electron chi connectivity index (χ0n) is 24.7. The van der Waals surface area contributed by atoms with Crippen LogP contribution in [0.2, 0.25) is 0 Å². The molecule has 1 N–H and O–H groups in total. The van der Waals surface area contributed by atoms with E-state index in [1.807, 2.05) is 91.9 Å². The van der Waals surface area contributed by atoms with E-state index in [0.717, 1.165) is 28.1 Å². The summed E-state index contributed by atoms with van der Waals surface area (Å²) in [6, 6.07) is 27.3. The molecule has 0 aliphatic rings. The smallest absolute Gasteiger partial charge is 0.254 e. The molecular formula is C34H40N4O2. The molecule has 0 saturated carbocycles. The van der Waals surface area contributed by atoms with Gasteiger partial charge in [-0.15, -0.1) is 0 Å². The number of aryl methyl sites for hydroxylation is 1. The lowest BCUT2D eigenvalue weighted by Crippen LogP contribution is -2.38. The molecule has 1 aromatic heterocycles. The van der Waals surface area contributed by atoms with Gasteiger partial charge in [-0.1, -0.05) is 102 Å². The fourth-order valence-electron chi connectivity index (χ4n) is 4.48. The van der Waals surface area contributed by atoms with Gasteiger partial charge in [0, 0.05) is 23.6 Å². The molecule has 0 aliphatic carbocycles. The molecule has 0 spiro atoms. The maximum atomic E-state index is 13.7. The van der Waals surface area contributed by atoms with Gasteiger partial charge in [0.1, 0.15) is 12.4 Å². The molecule has 0 fully saturated rings. The number of aromatic nitrogens is 2. The van der Waals surface area contributed by atoms with Crippen LogP contribution in [-0.4, -0.2) is 33.0 Å². The number of amides is 2. The molecule has 0 radical (unpaired) electrons. The summed E-state index contributed by atoms with van der Waals surface area (Å²) in [4.78, 5) is 28.8. The second-order valence-corrected chi connectivity index (χ2v) is 12.4. The van der Waals surface area contributed by atoms with E-state index < -0.39 is 0 Å². The number of benzene rings is 3. The van der Waals surface area contributed by atoms with Gasteiger partial charge in [-0.05, 0) is 47.2 Å². The lowest BCUT2D eigenvalue weighted by molar-refractivity contribution is -0.117. The standard InChI is InChI=1S/C34H40N4O2/c1-24-13-11-12-16-28(24)38-30(21-29(36-38)34(5,6)7)35-31(39)23-37(22-25-14-9-8-10-15-25)32(40)26-17-19-27(20-18-26)33(2,3)4/h8-21H,22-23H2,1-7H3,(H,35,39). The van der Waals surface area contributed by atoms with Crippen LogP contribution in [0, 0.1) is 6.92 Å². The third-order valence-electron chi connectivity index (χ3n) is 6.92. The van der Waals surface area contributed by atoms with Crippen LogP contribution >= 0.6 is 0 Å². The first-order valence-corrected chi connectivity index (χ1v) is 13.7. The Labute approximate surface area is 238 Å². The number of hydrogen-bond acceptors (Lipinski definition) is 3. The van der Waals surface area contributed by atoms with Crippen LogP contribution in [0.3, 0.4) is 0 Å². The van der Waals surface area contributed by atoms with Gasteiger partial charge in [-0.3, -0.25) is 9.59 Å². The topological polar surface area (TPSA) is 67.2 Å². The number of anilines is 1. The van der Waals surface area contributed by atoms with E-state index in [1.54, 1.807) is 9.58 Å². The number of hydrogen-bond donors (Lipinski definition) is 1. The first-order valence-electron chi connectivity index (χ1n) is 13.7. The van der Waals surface area contributed by atoms with Crippen molar-refractivity contribution in [2.45, 2.75) is 65.8 Å². The Bertz CT molecular complexity index is 1470. The van der Waals surface area contributed by atoms with Gasteiger partial charge in [0.2, 0.25) is 5.91 Å². The predicted molar refractivity (Wildman–Crippen MR) is 162 cm³/mol. The Morgan fingerprint density at radius 1 is 0.825 bits per heavy atom. The lowest BCUT2D eigenvalue weighted by atomic mass is 9.86. The van der Waals surface area contributed by atoms with Crippen LogP contribution in [0.4, 0.5) is 5.82 Å². The number of carbonyl (C=O) groups excluding carboxylic acids is 2. The highest BCUT2D eigenvalue weighted by Gasteiger charge is 2.24. The first-order chi connectivity index (χ1) is 18.8. The van der Waals surface area contributed by atoms with Crippen LogP contribution in [0.25, 0.3) is 5.69 Å². The molecular weight excluding hydrogens is 496 g/mol. The van der Waals surface area contributed by atoms with Crippen molar-refractivity contribution in [2.75, 3.05) is 11.9 Å². The van der Waals surface area contributed by atoms with E-state index >= 15 is 0 Å². The minimum atomic E-state index is -0.286. The van der Waals surface area contributed by atoms with E-state index in [2.05, 4.69) is 46.9 Å². The maximum absolute atomic E-state index is 13.7. The molecule has 3 aromatic carbocycles. The Balaban J connectivity index is 1.62. The summed E-state index contributed by atoms with van der Waals surface area (Å²) in [5, 5.41) is 7.89. The van der Waals surface area contributed by atoms with Gasteiger partial charge >= 0.3 is 0 Å². The molecule has 6 heteroatoms. The van der Waals surface area contributed by atoms with Crippen molar-refractivity contribution in [3.05, 3.63) is 113 Å². The zero-order valence-corrected chi connectivity index (χ0v) is 24.7. The third kappa shape index (κ3) is 6.87. The monoisotopic (exact) mass is 536 g/mol.